The quantitative estimate of drug-likeness (QED) is 0.0652. The number of benzene rings is 3. The average molecular weight is 1640 g/mol. The van der Waals surface area contributed by atoms with E-state index in [4.69, 9.17) is 0 Å². The molecule has 19 nitrogen and oxygen atoms in total. The highest BCUT2D eigenvalue weighted by atomic mass is 31.1. The Kier molecular flexibility index (Phi) is 79.5. The lowest BCUT2D eigenvalue weighted by Crippen LogP contribution is -2.79. The molecule has 3 aliphatic heterocycles. The number of aromatic nitrogens is 13. The van der Waals surface area contributed by atoms with Gasteiger partial charge in [-0.25, -0.2) is 35.2 Å². The van der Waals surface area contributed by atoms with Gasteiger partial charge in [0.2, 0.25) is 0 Å². The zero-order valence-electron chi connectivity index (χ0n) is 78.4. The van der Waals surface area contributed by atoms with Crippen LogP contribution in [0.25, 0.3) is 0 Å². The van der Waals surface area contributed by atoms with Gasteiger partial charge >= 0.3 is 19.8 Å². The SMILES string of the molecule is C1=N[N+]([B-](c2ccccc2)(c2ccccc2)n2cccn2)=CC1.C1=N[N+]([B-](n2cccn2)(n2cccn2)[n+]2ccccc2)=CC1.C1=N[N+]([B-](n2cccn2)(n2cccn2)n2cccn2)=CC1.CC.CC.CC.CC.CC.CC.CC.CC.CC.CC.CC.CC.CC.CC.CP(C)CCP(C)C.CP(C)c1ccccc1P(C)C. The van der Waals surface area contributed by atoms with Crippen LogP contribution in [0.15, 0.2) is 242 Å². The maximum absolute atomic E-state index is 4.64. The molecule has 10 aromatic rings. The molecular weight excluding hydrogens is 1480 g/mol. The van der Waals surface area contributed by atoms with Crippen molar-refractivity contribution in [3.63, 3.8) is 0 Å². The van der Waals surface area contributed by atoms with Crippen molar-refractivity contribution >= 4 is 110 Å². The van der Waals surface area contributed by atoms with Crippen molar-refractivity contribution < 1.29 is 18.3 Å². The van der Waals surface area contributed by atoms with Gasteiger partial charge in [0.1, 0.15) is 31.0 Å². The van der Waals surface area contributed by atoms with Crippen molar-refractivity contribution in [1.29, 1.82) is 0 Å². The van der Waals surface area contributed by atoms with Gasteiger partial charge < -0.3 is 22.8 Å². The second kappa shape index (κ2) is 77.6. The highest BCUT2D eigenvalue weighted by Gasteiger charge is 2.61. The molecule has 0 aliphatic carbocycles. The Balaban J connectivity index is -0.000000304. The van der Waals surface area contributed by atoms with Gasteiger partial charge in [0.25, 0.3) is 0 Å². The minimum absolute atomic E-state index is 0.0674. The summed E-state index contributed by atoms with van der Waals surface area (Å²) in [6, 6.07) is 47.2. The molecule has 0 atom stereocenters. The fraction of sp³-hybridized carbons (Fsp3) is 0.466. The summed E-state index contributed by atoms with van der Waals surface area (Å²) in [5.41, 5.74) is 2.36. The van der Waals surface area contributed by atoms with Crippen LogP contribution in [0.4, 0.5) is 0 Å². The van der Waals surface area contributed by atoms with Crippen LogP contribution in [0.2, 0.25) is 0 Å². The van der Waals surface area contributed by atoms with Crippen molar-refractivity contribution in [2.75, 3.05) is 65.6 Å². The van der Waals surface area contributed by atoms with E-state index in [0.717, 1.165) is 19.3 Å². The van der Waals surface area contributed by atoms with Crippen molar-refractivity contribution in [3.8, 4) is 0 Å². The van der Waals surface area contributed by atoms with Gasteiger partial charge in [-0.15, -0.1) is 26.8 Å². The molecule has 0 radical (unpaired) electrons. The fourth-order valence-corrected chi connectivity index (χ4v) is 17.0. The molecule has 0 saturated heterocycles. The van der Waals surface area contributed by atoms with Crippen LogP contribution in [0.5, 0.6) is 0 Å². The minimum Gasteiger partial charge on any atom is -0.369 e. The summed E-state index contributed by atoms with van der Waals surface area (Å²) in [6.07, 6.45) is 41.9. The maximum Gasteiger partial charge on any atom is 0.826 e. The standard InChI is InChI=1S/C18H17BN4.C14H15BN7.C12H13BN8.C10H16P2.C6H16P2.14C2H6/c1-3-9-17(10-4-1)19(22-15-7-13-20-22,23-16-8-14-21-23)18-11-5-2-6-12-18;1-2-10-19(11-3-1)15(20-12-4-7-16-20,21-13-5-8-17-21)22-14-6-9-18-22;1-5-14-18(9-1)13(19-10-2-6-15-19,20-11-3-7-16-20)21-12-4-8-17-21;1-11(2)9-7-5-6-8-10(9)12(3)4;1-7(2)5-6-8(3)4;14*1-2/h1-7,9-16H,8H2;1-5,7-14H,6H2;1-3,5-12H,4H2;5-8H,1-4H3;5-6H2,1-4H3;14*1-2H3/q;+1;;;;;;;;;;;;;;;;;. The highest BCUT2D eigenvalue weighted by Crippen LogP contribution is 2.33. The Morgan fingerprint density at radius 1 is 0.289 bits per heavy atom. The molecule has 0 fully saturated rings. The summed E-state index contributed by atoms with van der Waals surface area (Å²) in [5, 5.41) is 43.7. The first kappa shape index (κ1) is 117. The van der Waals surface area contributed by atoms with Crippen LogP contribution in [-0.4, -0.2) is 195 Å². The predicted molar refractivity (Wildman–Crippen MR) is 525 cm³/mol. The second-order valence-corrected chi connectivity index (χ2v) is 31.1. The molecule has 0 bridgehead atoms. The van der Waals surface area contributed by atoms with E-state index >= 15 is 0 Å². The van der Waals surface area contributed by atoms with Gasteiger partial charge in [-0.2, -0.15) is 4.60 Å². The smallest absolute Gasteiger partial charge is 0.369 e. The summed E-state index contributed by atoms with van der Waals surface area (Å²) in [7, 11) is 0.901. The molecule has 0 unspecified atom stereocenters. The molecule has 0 N–H and O–H groups in total. The Morgan fingerprint density at radius 2 is 0.544 bits per heavy atom. The second-order valence-electron chi connectivity index (χ2n) is 21.4. The molecule has 7 aromatic heterocycles. The molecule has 114 heavy (non-hydrogen) atoms. The van der Waals surface area contributed by atoms with E-state index in [0.29, 0.717) is 15.8 Å². The lowest BCUT2D eigenvalue weighted by Gasteiger charge is -2.34. The van der Waals surface area contributed by atoms with Crippen LogP contribution in [0, 0.1) is 0 Å². The largest absolute Gasteiger partial charge is 0.826 e. The molecule has 10 heterocycles. The third-order valence-electron chi connectivity index (χ3n) is 14.7. The van der Waals surface area contributed by atoms with Crippen molar-refractivity contribution in [2.45, 2.75) is 213 Å². The van der Waals surface area contributed by atoms with Crippen LogP contribution in [-0.2, 0) is 0 Å². The molecule has 3 aromatic carbocycles. The van der Waals surface area contributed by atoms with Crippen LogP contribution >= 0.6 is 31.7 Å². The number of hydrogen-bond acceptors (Lipinski definition) is 9. The average Bonchev–Trinajstić information content (AvgIpc) is 1.55. The van der Waals surface area contributed by atoms with Gasteiger partial charge in [0, 0.05) is 37.2 Å². The third-order valence-corrected chi connectivity index (χ3v) is 20.2. The van der Waals surface area contributed by atoms with E-state index in [1.54, 1.807) is 41.6 Å². The van der Waals surface area contributed by atoms with Gasteiger partial charge in [0.15, 0.2) is 0 Å². The summed E-state index contributed by atoms with van der Waals surface area (Å²) >= 11 is 0. The normalized spacial score (nSPS) is 11.0. The van der Waals surface area contributed by atoms with Gasteiger partial charge in [-0.1, -0.05) is 316 Å². The van der Waals surface area contributed by atoms with E-state index in [1.807, 2.05) is 384 Å². The molecular formula is C88H161B3N19P4+. The number of hydrazone groups is 3. The lowest BCUT2D eigenvalue weighted by atomic mass is 9.37. The summed E-state index contributed by atoms with van der Waals surface area (Å²) in [4.78, 5) is 0. The number of hydrogen-bond donors (Lipinski definition) is 0. The van der Waals surface area contributed by atoms with Crippen LogP contribution in [0.3, 0.4) is 0 Å². The van der Waals surface area contributed by atoms with E-state index in [2.05, 4.69) is 187 Å². The minimum atomic E-state index is -1.80. The number of pyridine rings is 1. The first-order valence-corrected chi connectivity index (χ1v) is 52.0. The Hall–Kier alpha value is -8.00. The summed E-state index contributed by atoms with van der Waals surface area (Å²) in [6.45, 7) is 71.2. The van der Waals surface area contributed by atoms with E-state index in [-0.39, 0.29) is 15.8 Å². The van der Waals surface area contributed by atoms with Gasteiger partial charge in [0.05, 0.1) is 37.9 Å². The third kappa shape index (κ3) is 36.0. The monoisotopic (exact) mass is 1640 g/mol. The molecule has 0 saturated carbocycles. The molecule has 0 spiro atoms. The predicted octanol–water partition coefficient (Wildman–Crippen LogP) is 21.1. The first-order valence-electron chi connectivity index (χ1n) is 42.7. The highest BCUT2D eigenvalue weighted by molar-refractivity contribution is 7.70. The fourth-order valence-electron chi connectivity index (χ4n) is 10.8. The van der Waals surface area contributed by atoms with Gasteiger partial charge in [-0.05, 0) is 162 Å². The van der Waals surface area contributed by atoms with E-state index in [9.17, 15) is 0 Å². The molecule has 26 heteroatoms. The molecule has 0 amide bonds. The molecule has 3 aliphatic rings. The topological polar surface area (TPSA) is 157 Å². The van der Waals surface area contributed by atoms with Crippen molar-refractivity contribution in [3.05, 3.63) is 226 Å². The zero-order valence-corrected chi connectivity index (χ0v) is 82.0. The summed E-state index contributed by atoms with van der Waals surface area (Å²) in [5.74, 6) is 0. The maximum atomic E-state index is 4.64. The Labute approximate surface area is 702 Å². The first-order chi connectivity index (χ1) is 56.0. The van der Waals surface area contributed by atoms with Crippen molar-refractivity contribution in [1.82, 2.24) is 58.1 Å². The van der Waals surface area contributed by atoms with E-state index in [1.165, 1.54) is 23.2 Å². The summed E-state index contributed by atoms with van der Waals surface area (Å²) < 4.78 is 19.3. The van der Waals surface area contributed by atoms with Crippen molar-refractivity contribution in [2.24, 2.45) is 15.3 Å². The lowest BCUT2D eigenvalue weighted by molar-refractivity contribution is -0.639. The Morgan fingerprint density at radius 3 is 0.798 bits per heavy atom. The number of rotatable bonds is 17. The Bertz CT molecular complexity index is 3580. The van der Waals surface area contributed by atoms with Crippen LogP contribution in [0.1, 0.15) is 213 Å². The van der Waals surface area contributed by atoms with Gasteiger partial charge in [-0.3, -0.25) is 13.8 Å². The molecule has 13 rings (SSSR count). The number of nitrogens with zero attached hydrogens (tertiary/aromatic N) is 19. The molecule has 636 valence electrons. The van der Waals surface area contributed by atoms with Crippen LogP contribution < -0.4 is 26.0 Å². The van der Waals surface area contributed by atoms with E-state index < -0.39 is 19.8 Å². The zero-order chi connectivity index (χ0) is 88.2.